The zero-order valence-electron chi connectivity index (χ0n) is 13.9. The van der Waals surface area contributed by atoms with Gasteiger partial charge in [-0.25, -0.2) is 0 Å². The fourth-order valence-electron chi connectivity index (χ4n) is 3.79. The van der Waals surface area contributed by atoms with Gasteiger partial charge >= 0.3 is 7.12 Å². The normalized spacial score (nSPS) is 26.3. The lowest BCUT2D eigenvalue weighted by Gasteiger charge is -2.29. The highest BCUT2D eigenvalue weighted by Crippen LogP contribution is 2.24. The van der Waals surface area contributed by atoms with Crippen molar-refractivity contribution in [1.82, 2.24) is 10.2 Å². The Kier molecular flexibility index (Phi) is 5.55. The fraction of sp³-hybridized carbons (Fsp3) is 0.588. The number of carbonyl (C=O) groups excluding carboxylic acids is 1. The summed E-state index contributed by atoms with van der Waals surface area (Å²) in [5.74, 6) is 0.369. The van der Waals surface area contributed by atoms with E-state index >= 15 is 0 Å². The number of rotatable bonds is 5. The van der Waals surface area contributed by atoms with E-state index in [1.807, 2.05) is 17.0 Å². The predicted molar refractivity (Wildman–Crippen MR) is 93.1 cm³/mol. The highest BCUT2D eigenvalue weighted by atomic mass is 16.4. The maximum atomic E-state index is 12.8. The van der Waals surface area contributed by atoms with Crippen LogP contribution in [0.2, 0.25) is 6.32 Å². The Balaban J connectivity index is 1.55. The van der Waals surface area contributed by atoms with Gasteiger partial charge in [0, 0.05) is 25.7 Å². The molecule has 5 N–H and O–H groups in total. The molecule has 1 amide bonds. The Morgan fingerprint density at radius 1 is 1.29 bits per heavy atom. The number of likely N-dealkylation sites (tertiary alicyclic amines) is 1. The molecule has 1 saturated heterocycles. The first-order chi connectivity index (χ1) is 11.5. The number of amides is 1. The Bertz CT molecular complexity index is 584. The molecule has 24 heavy (non-hydrogen) atoms. The molecular formula is C17H26BN3O3. The molecule has 0 spiro atoms. The summed E-state index contributed by atoms with van der Waals surface area (Å²) in [7, 11) is -1.26. The number of fused-ring (bicyclic) bond motifs is 1. The van der Waals surface area contributed by atoms with Crippen LogP contribution in [0.25, 0.3) is 0 Å². The third kappa shape index (κ3) is 3.98. The maximum Gasteiger partial charge on any atom is 0.451 e. The van der Waals surface area contributed by atoms with Crippen LogP contribution in [0.1, 0.15) is 24.0 Å². The van der Waals surface area contributed by atoms with Crippen molar-refractivity contribution in [2.45, 2.75) is 44.2 Å². The zero-order chi connectivity index (χ0) is 17.1. The van der Waals surface area contributed by atoms with Crippen molar-refractivity contribution in [3.63, 3.8) is 0 Å². The minimum absolute atomic E-state index is 0.0272. The quantitative estimate of drug-likeness (QED) is 0.557. The molecule has 1 fully saturated rings. The molecule has 7 heteroatoms. The van der Waals surface area contributed by atoms with Gasteiger partial charge in [-0.1, -0.05) is 30.7 Å². The third-order valence-corrected chi connectivity index (χ3v) is 5.22. The summed E-state index contributed by atoms with van der Waals surface area (Å²) in [5.41, 5.74) is 8.70. The van der Waals surface area contributed by atoms with Gasteiger partial charge in [0.05, 0.1) is 6.04 Å². The van der Waals surface area contributed by atoms with Gasteiger partial charge in [-0.15, -0.1) is 0 Å². The summed E-state index contributed by atoms with van der Waals surface area (Å²) < 4.78 is 0. The molecule has 3 rings (SSSR count). The van der Waals surface area contributed by atoms with Crippen LogP contribution in [0.15, 0.2) is 24.3 Å². The van der Waals surface area contributed by atoms with Crippen molar-refractivity contribution in [3.05, 3.63) is 35.4 Å². The van der Waals surface area contributed by atoms with E-state index in [1.165, 1.54) is 11.1 Å². The van der Waals surface area contributed by atoms with Crippen molar-refractivity contribution < 1.29 is 14.8 Å². The number of hydrogen-bond acceptors (Lipinski definition) is 5. The fourth-order valence-corrected chi connectivity index (χ4v) is 3.79. The maximum absolute atomic E-state index is 12.8. The van der Waals surface area contributed by atoms with Crippen LogP contribution < -0.4 is 11.1 Å². The van der Waals surface area contributed by atoms with Crippen LogP contribution in [-0.2, 0) is 17.8 Å². The van der Waals surface area contributed by atoms with Gasteiger partial charge in [0.15, 0.2) is 0 Å². The van der Waals surface area contributed by atoms with Gasteiger partial charge in [0.1, 0.15) is 0 Å². The van der Waals surface area contributed by atoms with Crippen molar-refractivity contribution in [1.29, 1.82) is 0 Å². The third-order valence-electron chi connectivity index (χ3n) is 5.22. The minimum Gasteiger partial charge on any atom is -0.427 e. The van der Waals surface area contributed by atoms with Gasteiger partial charge in [0.25, 0.3) is 0 Å². The number of benzene rings is 1. The summed E-state index contributed by atoms with van der Waals surface area (Å²) in [6.45, 7) is 1.98. The number of nitrogens with two attached hydrogens (primary N) is 1. The van der Waals surface area contributed by atoms with Crippen molar-refractivity contribution in [2.75, 3.05) is 13.1 Å². The molecule has 0 saturated carbocycles. The molecule has 3 atom stereocenters. The summed E-state index contributed by atoms with van der Waals surface area (Å²) >= 11 is 0. The summed E-state index contributed by atoms with van der Waals surface area (Å²) in [6, 6.07) is 8.03. The number of carbonyl (C=O) groups is 1. The first-order valence-corrected chi connectivity index (χ1v) is 8.75. The second-order valence-electron chi connectivity index (χ2n) is 6.98. The van der Waals surface area contributed by atoms with E-state index in [2.05, 4.69) is 17.4 Å². The van der Waals surface area contributed by atoms with Crippen molar-refractivity contribution >= 4 is 13.0 Å². The molecule has 1 aromatic rings. The summed E-state index contributed by atoms with van der Waals surface area (Å²) in [6.07, 6.45) is 2.62. The first kappa shape index (κ1) is 17.4. The lowest BCUT2D eigenvalue weighted by molar-refractivity contribution is -0.132. The lowest BCUT2D eigenvalue weighted by atomic mass is 9.82. The molecule has 0 bridgehead atoms. The average molecular weight is 331 g/mol. The predicted octanol–water partition coefficient (Wildman–Crippen LogP) is -0.260. The number of nitrogens with zero attached hydrogens (tertiary/aromatic N) is 1. The topological polar surface area (TPSA) is 98.8 Å². The number of nitrogens with one attached hydrogen (secondary N) is 1. The molecule has 0 aliphatic carbocycles. The molecule has 6 nitrogen and oxygen atoms in total. The van der Waals surface area contributed by atoms with Gasteiger partial charge in [-0.3, -0.25) is 4.79 Å². The van der Waals surface area contributed by atoms with Crippen LogP contribution >= 0.6 is 0 Å². The zero-order valence-corrected chi connectivity index (χ0v) is 13.9. The average Bonchev–Trinajstić information content (AvgIpc) is 2.94. The molecule has 1 unspecified atom stereocenters. The van der Waals surface area contributed by atoms with Crippen LogP contribution in [0.3, 0.4) is 0 Å². The number of hydrogen-bond donors (Lipinski definition) is 4. The van der Waals surface area contributed by atoms with E-state index < -0.39 is 7.12 Å². The van der Waals surface area contributed by atoms with Gasteiger partial charge < -0.3 is 26.0 Å². The monoisotopic (exact) mass is 331 g/mol. The second-order valence-corrected chi connectivity index (χ2v) is 6.98. The Morgan fingerprint density at radius 2 is 2.04 bits per heavy atom. The molecule has 2 heterocycles. The van der Waals surface area contributed by atoms with Crippen LogP contribution in [0.5, 0.6) is 0 Å². The Hall–Kier alpha value is -1.41. The van der Waals surface area contributed by atoms with Gasteiger partial charge in [-0.2, -0.15) is 0 Å². The van der Waals surface area contributed by atoms with Crippen LogP contribution in [0, 0.1) is 5.92 Å². The van der Waals surface area contributed by atoms with E-state index in [0.29, 0.717) is 25.8 Å². The highest BCUT2D eigenvalue weighted by molar-refractivity contribution is 6.40. The van der Waals surface area contributed by atoms with Crippen LogP contribution in [-0.4, -0.2) is 53.1 Å². The molecule has 1 aromatic carbocycles. The summed E-state index contributed by atoms with van der Waals surface area (Å²) in [5, 5.41) is 21.2. The SMILES string of the molecule is N[C@H]1CN(C(=O)C2Cc3ccccc3CN2)C[C@@H]1CCCB(O)O. The Labute approximate surface area is 143 Å². The molecule has 0 aromatic heterocycles. The largest absolute Gasteiger partial charge is 0.451 e. The molecule has 0 radical (unpaired) electrons. The van der Waals surface area contributed by atoms with E-state index in [9.17, 15) is 4.79 Å². The van der Waals surface area contributed by atoms with E-state index in [-0.39, 0.29) is 23.9 Å². The smallest absolute Gasteiger partial charge is 0.427 e. The molecule has 130 valence electrons. The Morgan fingerprint density at radius 3 is 2.79 bits per heavy atom. The van der Waals surface area contributed by atoms with Crippen molar-refractivity contribution in [3.8, 4) is 0 Å². The lowest BCUT2D eigenvalue weighted by Crippen LogP contribution is -2.49. The minimum atomic E-state index is -1.26. The van der Waals surface area contributed by atoms with Gasteiger partial charge in [0.2, 0.25) is 5.91 Å². The molecule has 2 aliphatic heterocycles. The first-order valence-electron chi connectivity index (χ1n) is 8.75. The second kappa shape index (κ2) is 7.65. The van der Waals surface area contributed by atoms with Gasteiger partial charge in [-0.05, 0) is 36.2 Å². The van der Waals surface area contributed by atoms with Crippen molar-refractivity contribution in [2.24, 2.45) is 11.7 Å². The highest BCUT2D eigenvalue weighted by Gasteiger charge is 2.36. The van der Waals surface area contributed by atoms with E-state index in [1.54, 1.807) is 0 Å². The van der Waals surface area contributed by atoms with E-state index in [4.69, 9.17) is 15.8 Å². The summed E-state index contributed by atoms with van der Waals surface area (Å²) in [4.78, 5) is 14.7. The van der Waals surface area contributed by atoms with E-state index in [0.717, 1.165) is 19.4 Å². The standard InChI is InChI=1S/C17H26BN3O3/c19-15-11-21(10-14(15)6-3-7-18(23)24)17(22)16-8-12-4-1-2-5-13(12)9-20-16/h1-2,4-5,14-16,20,23-24H,3,6-11,19H2/t14-,15-,16?/m0/s1. The van der Waals surface area contributed by atoms with Crippen LogP contribution in [0.4, 0.5) is 0 Å². The molecule has 2 aliphatic rings. The molecular weight excluding hydrogens is 305 g/mol.